The SMILES string of the molecule is O=[N+]([O-])c1ccc2nc(NCC3CCSC3)[nH]c2c1. The summed E-state index contributed by atoms with van der Waals surface area (Å²) in [6.45, 7) is 0.898. The van der Waals surface area contributed by atoms with Crippen LogP contribution in [0.2, 0.25) is 0 Å². The minimum absolute atomic E-state index is 0.0786. The van der Waals surface area contributed by atoms with Gasteiger partial charge < -0.3 is 10.3 Å². The van der Waals surface area contributed by atoms with Crippen molar-refractivity contribution in [1.29, 1.82) is 0 Å². The largest absolute Gasteiger partial charge is 0.355 e. The van der Waals surface area contributed by atoms with Gasteiger partial charge in [0, 0.05) is 18.7 Å². The quantitative estimate of drug-likeness (QED) is 0.663. The van der Waals surface area contributed by atoms with E-state index in [0.717, 1.165) is 12.1 Å². The van der Waals surface area contributed by atoms with Crippen LogP contribution in [0.1, 0.15) is 6.42 Å². The van der Waals surface area contributed by atoms with Crippen molar-refractivity contribution < 1.29 is 4.92 Å². The molecule has 2 heterocycles. The molecule has 1 aromatic heterocycles. The van der Waals surface area contributed by atoms with Gasteiger partial charge in [-0.25, -0.2) is 4.98 Å². The number of benzene rings is 1. The number of nitrogens with zero attached hydrogens (tertiary/aromatic N) is 2. The molecule has 0 aliphatic carbocycles. The maximum atomic E-state index is 10.7. The molecule has 2 aromatic rings. The molecule has 1 fully saturated rings. The zero-order chi connectivity index (χ0) is 13.2. The number of thioether (sulfide) groups is 1. The molecule has 0 amide bonds. The number of nitrogens with one attached hydrogen (secondary N) is 2. The number of hydrogen-bond donors (Lipinski definition) is 2. The second-order valence-corrected chi connectivity index (χ2v) is 5.80. The Morgan fingerprint density at radius 3 is 3.21 bits per heavy atom. The molecular weight excluding hydrogens is 264 g/mol. The summed E-state index contributed by atoms with van der Waals surface area (Å²) in [5.41, 5.74) is 1.52. The highest BCUT2D eigenvalue weighted by molar-refractivity contribution is 7.99. The van der Waals surface area contributed by atoms with E-state index in [1.165, 1.54) is 30.1 Å². The van der Waals surface area contributed by atoms with Crippen molar-refractivity contribution in [3.05, 3.63) is 28.3 Å². The molecule has 100 valence electrons. The summed E-state index contributed by atoms with van der Waals surface area (Å²) in [6.07, 6.45) is 1.24. The van der Waals surface area contributed by atoms with Crippen LogP contribution in [-0.4, -0.2) is 32.9 Å². The van der Waals surface area contributed by atoms with Gasteiger partial charge in [-0.2, -0.15) is 11.8 Å². The van der Waals surface area contributed by atoms with Crippen molar-refractivity contribution in [2.45, 2.75) is 6.42 Å². The molecular formula is C12H14N4O2S. The first kappa shape index (κ1) is 12.3. The van der Waals surface area contributed by atoms with E-state index >= 15 is 0 Å². The van der Waals surface area contributed by atoms with Gasteiger partial charge in [0.05, 0.1) is 16.0 Å². The Labute approximate surface area is 114 Å². The van der Waals surface area contributed by atoms with E-state index in [1.54, 1.807) is 6.07 Å². The third-order valence-electron chi connectivity index (χ3n) is 3.26. The summed E-state index contributed by atoms with van der Waals surface area (Å²) in [6, 6.07) is 4.65. The highest BCUT2D eigenvalue weighted by Gasteiger charge is 2.16. The third kappa shape index (κ3) is 2.65. The first-order valence-electron chi connectivity index (χ1n) is 6.18. The molecule has 0 spiro atoms. The van der Waals surface area contributed by atoms with Crippen molar-refractivity contribution in [1.82, 2.24) is 9.97 Å². The van der Waals surface area contributed by atoms with Crippen LogP contribution in [0.15, 0.2) is 18.2 Å². The van der Waals surface area contributed by atoms with Crippen LogP contribution in [0.4, 0.5) is 11.6 Å². The van der Waals surface area contributed by atoms with Crippen LogP contribution < -0.4 is 5.32 Å². The van der Waals surface area contributed by atoms with Crippen molar-refractivity contribution >= 4 is 34.4 Å². The average Bonchev–Trinajstić information content (AvgIpc) is 3.04. The Bertz CT molecular complexity index is 607. The fourth-order valence-corrected chi connectivity index (χ4v) is 3.46. The molecule has 6 nitrogen and oxygen atoms in total. The van der Waals surface area contributed by atoms with Gasteiger partial charge in [0.1, 0.15) is 0 Å². The Kier molecular flexibility index (Phi) is 3.29. The molecule has 2 N–H and O–H groups in total. The maximum Gasteiger partial charge on any atom is 0.271 e. The maximum absolute atomic E-state index is 10.7. The molecule has 1 aromatic carbocycles. The van der Waals surface area contributed by atoms with Crippen molar-refractivity contribution in [2.75, 3.05) is 23.4 Å². The molecule has 3 rings (SSSR count). The Balaban J connectivity index is 1.75. The molecule has 1 aliphatic heterocycles. The zero-order valence-corrected chi connectivity index (χ0v) is 11.1. The number of rotatable bonds is 4. The summed E-state index contributed by atoms with van der Waals surface area (Å²) in [7, 11) is 0. The van der Waals surface area contributed by atoms with E-state index in [2.05, 4.69) is 15.3 Å². The standard InChI is InChI=1S/C12H14N4O2S/c17-16(18)9-1-2-10-11(5-9)15-12(14-10)13-6-8-3-4-19-7-8/h1-2,5,8H,3-4,6-7H2,(H2,13,14,15). The van der Waals surface area contributed by atoms with Gasteiger partial charge in [-0.15, -0.1) is 0 Å². The predicted molar refractivity (Wildman–Crippen MR) is 76.7 cm³/mol. The van der Waals surface area contributed by atoms with Crippen molar-refractivity contribution in [3.8, 4) is 0 Å². The highest BCUT2D eigenvalue weighted by Crippen LogP contribution is 2.24. The van der Waals surface area contributed by atoms with Crippen LogP contribution in [0.5, 0.6) is 0 Å². The predicted octanol–water partition coefficient (Wildman–Crippen LogP) is 2.64. The first-order valence-corrected chi connectivity index (χ1v) is 7.33. The number of aromatic nitrogens is 2. The van der Waals surface area contributed by atoms with Crippen LogP contribution >= 0.6 is 11.8 Å². The van der Waals surface area contributed by atoms with Gasteiger partial charge in [0.25, 0.3) is 5.69 Å². The van der Waals surface area contributed by atoms with Gasteiger partial charge in [0.2, 0.25) is 5.95 Å². The summed E-state index contributed by atoms with van der Waals surface area (Å²) >= 11 is 1.98. The number of fused-ring (bicyclic) bond motifs is 1. The van der Waals surface area contributed by atoms with E-state index in [1.807, 2.05) is 11.8 Å². The molecule has 0 radical (unpaired) electrons. The van der Waals surface area contributed by atoms with E-state index in [-0.39, 0.29) is 5.69 Å². The van der Waals surface area contributed by atoms with Crippen LogP contribution in [0, 0.1) is 16.0 Å². The monoisotopic (exact) mass is 278 g/mol. The number of anilines is 1. The molecule has 1 aliphatic rings. The summed E-state index contributed by atoms with van der Waals surface area (Å²) in [4.78, 5) is 17.8. The van der Waals surface area contributed by atoms with Crippen LogP contribution in [-0.2, 0) is 0 Å². The van der Waals surface area contributed by atoms with Gasteiger partial charge in [-0.3, -0.25) is 10.1 Å². The lowest BCUT2D eigenvalue weighted by Gasteiger charge is -2.08. The Morgan fingerprint density at radius 1 is 1.58 bits per heavy atom. The topological polar surface area (TPSA) is 83.8 Å². The highest BCUT2D eigenvalue weighted by atomic mass is 32.2. The van der Waals surface area contributed by atoms with Gasteiger partial charge in [0.15, 0.2) is 0 Å². The summed E-state index contributed by atoms with van der Waals surface area (Å²) in [5, 5.41) is 14.0. The zero-order valence-electron chi connectivity index (χ0n) is 10.3. The van der Waals surface area contributed by atoms with E-state index in [0.29, 0.717) is 17.4 Å². The third-order valence-corrected chi connectivity index (χ3v) is 4.49. The van der Waals surface area contributed by atoms with Gasteiger partial charge in [-0.05, 0) is 29.9 Å². The van der Waals surface area contributed by atoms with Crippen LogP contribution in [0.3, 0.4) is 0 Å². The summed E-state index contributed by atoms with van der Waals surface area (Å²) < 4.78 is 0. The molecule has 0 saturated carbocycles. The van der Waals surface area contributed by atoms with Crippen molar-refractivity contribution in [2.24, 2.45) is 5.92 Å². The minimum atomic E-state index is -0.400. The Morgan fingerprint density at radius 2 is 2.47 bits per heavy atom. The number of aromatic amines is 1. The fourth-order valence-electron chi connectivity index (χ4n) is 2.18. The van der Waals surface area contributed by atoms with E-state index < -0.39 is 4.92 Å². The van der Waals surface area contributed by atoms with E-state index in [4.69, 9.17) is 0 Å². The number of nitro benzene ring substituents is 1. The fraction of sp³-hybridized carbons (Fsp3) is 0.417. The molecule has 19 heavy (non-hydrogen) atoms. The smallest absolute Gasteiger partial charge is 0.271 e. The molecule has 0 bridgehead atoms. The number of nitro groups is 1. The normalized spacial score (nSPS) is 18.8. The molecule has 1 atom stereocenters. The van der Waals surface area contributed by atoms with E-state index in [9.17, 15) is 10.1 Å². The van der Waals surface area contributed by atoms with Crippen molar-refractivity contribution in [3.63, 3.8) is 0 Å². The molecule has 1 unspecified atom stereocenters. The van der Waals surface area contributed by atoms with Gasteiger partial charge in [-0.1, -0.05) is 0 Å². The summed E-state index contributed by atoms with van der Waals surface area (Å²) in [5.74, 6) is 3.80. The number of imidazole rings is 1. The van der Waals surface area contributed by atoms with Gasteiger partial charge >= 0.3 is 0 Å². The lowest BCUT2D eigenvalue weighted by molar-refractivity contribution is -0.384. The average molecular weight is 278 g/mol. The number of hydrogen-bond acceptors (Lipinski definition) is 5. The minimum Gasteiger partial charge on any atom is -0.355 e. The first-order chi connectivity index (χ1) is 9.22. The number of H-pyrrole nitrogens is 1. The second kappa shape index (κ2) is 5.08. The lowest BCUT2D eigenvalue weighted by Crippen LogP contribution is -2.14. The molecule has 7 heteroatoms. The Hall–Kier alpha value is -1.76. The second-order valence-electron chi connectivity index (χ2n) is 4.65. The lowest BCUT2D eigenvalue weighted by atomic mass is 10.1. The number of non-ortho nitro benzene ring substituents is 1. The molecule has 1 saturated heterocycles. The van der Waals surface area contributed by atoms with Crippen LogP contribution in [0.25, 0.3) is 11.0 Å².